The van der Waals surface area contributed by atoms with Crippen molar-refractivity contribution in [3.8, 4) is 11.5 Å². The van der Waals surface area contributed by atoms with E-state index >= 15 is 0 Å². The molecule has 0 bridgehead atoms. The third-order valence-corrected chi connectivity index (χ3v) is 6.00. The van der Waals surface area contributed by atoms with Gasteiger partial charge < -0.3 is 19.7 Å². The monoisotopic (exact) mass is 444 g/mol. The van der Waals surface area contributed by atoms with E-state index in [-0.39, 0.29) is 5.91 Å². The highest BCUT2D eigenvalue weighted by Crippen LogP contribution is 2.49. The highest BCUT2D eigenvalue weighted by Gasteiger charge is 2.47. The lowest BCUT2D eigenvalue weighted by Gasteiger charge is -2.22. The highest BCUT2D eigenvalue weighted by molar-refractivity contribution is 5.97. The van der Waals surface area contributed by atoms with E-state index in [0.29, 0.717) is 24.5 Å². The molecule has 1 fully saturated rings. The van der Waals surface area contributed by atoms with E-state index in [1.165, 1.54) is 0 Å². The molecule has 5 heteroatoms. The quantitative estimate of drug-likeness (QED) is 0.482. The molecular formula is C28H32N2O3. The molecule has 1 aliphatic rings. The summed E-state index contributed by atoms with van der Waals surface area (Å²) in [4.78, 5) is 15.4. The third kappa shape index (κ3) is 5.74. The second-order valence-corrected chi connectivity index (χ2v) is 8.94. The van der Waals surface area contributed by atoms with Crippen molar-refractivity contribution in [2.24, 2.45) is 0 Å². The molecule has 0 atom stereocenters. The summed E-state index contributed by atoms with van der Waals surface area (Å²) in [6.07, 6.45) is 1.78. The molecule has 0 unspecified atom stereocenters. The van der Waals surface area contributed by atoms with Gasteiger partial charge in [-0.25, -0.2) is 0 Å². The lowest BCUT2D eigenvalue weighted by Crippen LogP contribution is -2.35. The standard InChI is InChI=1S/C28H32N2O3/c1-21-13-14-23(32-18-17-30(2)3)19-24(21)27(31)29-28(15-16-28)25-11-7-8-12-26(25)33-20-22-9-5-4-6-10-22/h4-14,19H,15-18,20H2,1-3H3,(H,29,31). The first-order valence-corrected chi connectivity index (χ1v) is 11.4. The molecule has 33 heavy (non-hydrogen) atoms. The lowest BCUT2D eigenvalue weighted by molar-refractivity contribution is 0.0929. The Kier molecular flexibility index (Phi) is 6.99. The van der Waals surface area contributed by atoms with Crippen LogP contribution in [-0.4, -0.2) is 38.1 Å². The first-order chi connectivity index (χ1) is 16.0. The predicted octanol–water partition coefficient (Wildman–Crippen LogP) is 4.93. The van der Waals surface area contributed by atoms with E-state index in [1.54, 1.807) is 0 Å². The Bertz CT molecular complexity index is 1090. The van der Waals surface area contributed by atoms with Crippen LogP contribution in [0.4, 0.5) is 0 Å². The van der Waals surface area contributed by atoms with Crippen LogP contribution in [-0.2, 0) is 12.1 Å². The van der Waals surface area contributed by atoms with E-state index in [0.717, 1.165) is 41.8 Å². The van der Waals surface area contributed by atoms with Crippen molar-refractivity contribution in [3.63, 3.8) is 0 Å². The Labute approximate surface area is 196 Å². The van der Waals surface area contributed by atoms with Crippen molar-refractivity contribution >= 4 is 5.91 Å². The number of hydrogen-bond acceptors (Lipinski definition) is 4. The third-order valence-electron chi connectivity index (χ3n) is 6.00. The Morgan fingerprint density at radius 3 is 2.42 bits per heavy atom. The molecule has 3 aromatic carbocycles. The Hall–Kier alpha value is -3.31. The van der Waals surface area contributed by atoms with Gasteiger partial charge in [-0.05, 0) is 63.2 Å². The van der Waals surface area contributed by atoms with Gasteiger partial charge in [0.1, 0.15) is 24.7 Å². The molecule has 0 saturated heterocycles. The van der Waals surface area contributed by atoms with Crippen LogP contribution < -0.4 is 14.8 Å². The van der Waals surface area contributed by atoms with Crippen LogP contribution >= 0.6 is 0 Å². The molecule has 1 aliphatic carbocycles. The van der Waals surface area contributed by atoms with E-state index < -0.39 is 5.54 Å². The second kappa shape index (κ2) is 10.1. The summed E-state index contributed by atoms with van der Waals surface area (Å²) in [7, 11) is 4.02. The summed E-state index contributed by atoms with van der Waals surface area (Å²) in [6, 6.07) is 23.8. The molecule has 0 aliphatic heterocycles. The number of rotatable bonds is 10. The number of aryl methyl sites for hydroxylation is 1. The summed E-state index contributed by atoms with van der Waals surface area (Å²) in [6.45, 7) is 3.84. The Morgan fingerprint density at radius 2 is 1.70 bits per heavy atom. The molecule has 172 valence electrons. The van der Waals surface area contributed by atoms with Gasteiger partial charge in [-0.1, -0.05) is 54.6 Å². The van der Waals surface area contributed by atoms with Gasteiger partial charge in [0.05, 0.1) is 5.54 Å². The minimum atomic E-state index is -0.390. The van der Waals surface area contributed by atoms with Crippen molar-refractivity contribution in [1.29, 1.82) is 0 Å². The number of amides is 1. The summed E-state index contributed by atoms with van der Waals surface area (Å²) in [5.41, 5.74) is 3.33. The first kappa shape index (κ1) is 22.9. The largest absolute Gasteiger partial charge is 0.492 e. The van der Waals surface area contributed by atoms with E-state index in [1.807, 2.05) is 87.7 Å². The van der Waals surface area contributed by atoms with Crippen molar-refractivity contribution in [2.75, 3.05) is 27.2 Å². The van der Waals surface area contributed by atoms with Crippen LogP contribution in [0.5, 0.6) is 11.5 Å². The number of likely N-dealkylation sites (N-methyl/N-ethyl adjacent to an activating group) is 1. The molecule has 1 saturated carbocycles. The van der Waals surface area contributed by atoms with Crippen LogP contribution in [0.1, 0.15) is 39.9 Å². The summed E-state index contributed by atoms with van der Waals surface area (Å²) >= 11 is 0. The topological polar surface area (TPSA) is 50.8 Å². The number of hydrogen-bond donors (Lipinski definition) is 1. The maximum atomic E-state index is 13.3. The zero-order valence-electron chi connectivity index (χ0n) is 19.6. The highest BCUT2D eigenvalue weighted by atomic mass is 16.5. The summed E-state index contributed by atoms with van der Waals surface area (Å²) in [5.74, 6) is 1.45. The van der Waals surface area contributed by atoms with Gasteiger partial charge in [0.2, 0.25) is 0 Å². The van der Waals surface area contributed by atoms with Gasteiger partial charge in [0.25, 0.3) is 5.91 Å². The van der Waals surface area contributed by atoms with Gasteiger partial charge in [0, 0.05) is 17.7 Å². The number of nitrogens with zero attached hydrogens (tertiary/aromatic N) is 1. The zero-order valence-corrected chi connectivity index (χ0v) is 19.6. The van der Waals surface area contributed by atoms with E-state index in [4.69, 9.17) is 9.47 Å². The average Bonchev–Trinajstić information content (AvgIpc) is 3.59. The first-order valence-electron chi connectivity index (χ1n) is 11.4. The fraction of sp³-hybridized carbons (Fsp3) is 0.321. The van der Waals surface area contributed by atoms with Gasteiger partial charge in [-0.3, -0.25) is 4.79 Å². The van der Waals surface area contributed by atoms with Crippen molar-refractivity contribution in [2.45, 2.75) is 31.9 Å². The SMILES string of the molecule is Cc1ccc(OCCN(C)C)cc1C(=O)NC1(c2ccccc2OCc2ccccc2)CC1. The molecule has 0 heterocycles. The molecular weight excluding hydrogens is 412 g/mol. The average molecular weight is 445 g/mol. The minimum absolute atomic E-state index is 0.0825. The fourth-order valence-electron chi connectivity index (χ4n) is 3.88. The van der Waals surface area contributed by atoms with Crippen LogP contribution in [0.25, 0.3) is 0 Å². The Morgan fingerprint density at radius 1 is 0.970 bits per heavy atom. The summed E-state index contributed by atoms with van der Waals surface area (Å²) in [5, 5.41) is 3.30. The van der Waals surface area contributed by atoms with Crippen LogP contribution in [0.2, 0.25) is 0 Å². The van der Waals surface area contributed by atoms with Crippen LogP contribution in [0.15, 0.2) is 72.8 Å². The van der Waals surface area contributed by atoms with E-state index in [2.05, 4.69) is 16.3 Å². The summed E-state index contributed by atoms with van der Waals surface area (Å²) < 4.78 is 12.0. The van der Waals surface area contributed by atoms with Gasteiger partial charge in [0.15, 0.2) is 0 Å². The molecule has 1 amide bonds. The Balaban J connectivity index is 1.48. The smallest absolute Gasteiger partial charge is 0.252 e. The maximum absolute atomic E-state index is 13.3. The maximum Gasteiger partial charge on any atom is 0.252 e. The van der Waals surface area contributed by atoms with Crippen molar-refractivity contribution in [3.05, 3.63) is 95.1 Å². The molecule has 0 spiro atoms. The fourth-order valence-corrected chi connectivity index (χ4v) is 3.88. The second-order valence-electron chi connectivity index (χ2n) is 8.94. The molecule has 0 radical (unpaired) electrons. The van der Waals surface area contributed by atoms with Crippen LogP contribution in [0.3, 0.4) is 0 Å². The van der Waals surface area contributed by atoms with Gasteiger partial charge >= 0.3 is 0 Å². The molecule has 5 nitrogen and oxygen atoms in total. The predicted molar refractivity (Wildman–Crippen MR) is 131 cm³/mol. The number of carbonyl (C=O) groups is 1. The van der Waals surface area contributed by atoms with Gasteiger partial charge in [-0.15, -0.1) is 0 Å². The number of nitrogens with one attached hydrogen (secondary N) is 1. The van der Waals surface area contributed by atoms with E-state index in [9.17, 15) is 4.79 Å². The number of ether oxygens (including phenoxy) is 2. The number of benzene rings is 3. The van der Waals surface area contributed by atoms with Crippen LogP contribution in [0, 0.1) is 6.92 Å². The molecule has 1 N–H and O–H groups in total. The van der Waals surface area contributed by atoms with Crippen molar-refractivity contribution in [1.82, 2.24) is 10.2 Å². The lowest BCUT2D eigenvalue weighted by atomic mass is 10.0. The molecule has 4 rings (SSSR count). The molecule has 3 aromatic rings. The molecule has 0 aromatic heterocycles. The minimum Gasteiger partial charge on any atom is -0.492 e. The zero-order chi connectivity index (χ0) is 23.3. The van der Waals surface area contributed by atoms with Gasteiger partial charge in [-0.2, -0.15) is 0 Å². The van der Waals surface area contributed by atoms with Crippen molar-refractivity contribution < 1.29 is 14.3 Å². The normalized spacial score (nSPS) is 14.1. The number of para-hydroxylation sites is 1. The number of carbonyl (C=O) groups excluding carboxylic acids is 1.